The van der Waals surface area contributed by atoms with Gasteiger partial charge in [0.1, 0.15) is 6.04 Å². The lowest BCUT2D eigenvalue weighted by Crippen LogP contribution is -2.49. The molecule has 0 saturated carbocycles. The van der Waals surface area contributed by atoms with E-state index < -0.39 is 12.0 Å². The highest BCUT2D eigenvalue weighted by Gasteiger charge is 2.30. The predicted molar refractivity (Wildman–Crippen MR) is 81.1 cm³/mol. The molecule has 0 aromatic heterocycles. The zero-order valence-corrected chi connectivity index (χ0v) is 13.0. The Hall–Kier alpha value is -0.560. The molecule has 19 heavy (non-hydrogen) atoms. The van der Waals surface area contributed by atoms with Crippen molar-refractivity contribution in [1.82, 2.24) is 10.6 Å². The number of hydrogen-bond donors (Lipinski definition) is 3. The topological polar surface area (TPSA) is 78.4 Å². The van der Waals surface area contributed by atoms with Crippen LogP contribution in [0, 0.1) is 0 Å². The Balaban J connectivity index is 2.33. The molecular formula is C12H22N2O3S2. The van der Waals surface area contributed by atoms with Gasteiger partial charge in [0.2, 0.25) is 0 Å². The third-order valence-corrected chi connectivity index (χ3v) is 5.32. The lowest BCUT2D eigenvalue weighted by molar-refractivity contribution is -0.139. The standard InChI is InChI=1S/C12H22N2O3S2/c1-12(5-3-6-19-12)8-13-11(17)14-9(10(15)16)4-7-18-2/h9H,3-8H2,1-2H3,(H,15,16)(H2,13,14,17)/t9-,12?/m0/s1. The van der Waals surface area contributed by atoms with Crippen molar-refractivity contribution in [1.29, 1.82) is 0 Å². The van der Waals surface area contributed by atoms with E-state index in [-0.39, 0.29) is 10.8 Å². The SMILES string of the molecule is CSCC[C@H](NC(=O)NCC1(C)CCCS1)C(=O)O. The van der Waals surface area contributed by atoms with Gasteiger partial charge in [-0.25, -0.2) is 9.59 Å². The molecule has 1 aliphatic heterocycles. The van der Waals surface area contributed by atoms with E-state index in [0.717, 1.165) is 12.2 Å². The number of rotatable bonds is 7. The fourth-order valence-corrected chi connectivity index (χ4v) is 3.66. The number of amides is 2. The molecule has 0 bridgehead atoms. The van der Waals surface area contributed by atoms with Crippen LogP contribution in [0.4, 0.5) is 4.79 Å². The van der Waals surface area contributed by atoms with Gasteiger partial charge < -0.3 is 15.7 Å². The van der Waals surface area contributed by atoms with Crippen LogP contribution in [0.3, 0.4) is 0 Å². The third kappa shape index (κ3) is 5.95. The van der Waals surface area contributed by atoms with Crippen LogP contribution in [0.5, 0.6) is 0 Å². The molecule has 5 nitrogen and oxygen atoms in total. The molecule has 0 aromatic rings. The molecule has 1 unspecified atom stereocenters. The summed E-state index contributed by atoms with van der Waals surface area (Å²) in [5.74, 6) is 0.862. The molecule has 1 fully saturated rings. The zero-order chi connectivity index (χ0) is 14.3. The van der Waals surface area contributed by atoms with Gasteiger partial charge >= 0.3 is 12.0 Å². The largest absolute Gasteiger partial charge is 0.480 e. The number of carbonyl (C=O) groups is 2. The van der Waals surface area contributed by atoms with Gasteiger partial charge in [0.25, 0.3) is 0 Å². The van der Waals surface area contributed by atoms with Gasteiger partial charge in [-0.3, -0.25) is 0 Å². The Morgan fingerprint density at radius 2 is 2.26 bits per heavy atom. The minimum atomic E-state index is -0.981. The minimum Gasteiger partial charge on any atom is -0.480 e. The molecule has 1 saturated heterocycles. The first-order chi connectivity index (χ1) is 8.97. The fourth-order valence-electron chi connectivity index (χ4n) is 1.95. The summed E-state index contributed by atoms with van der Waals surface area (Å²) < 4.78 is 0.0926. The number of aliphatic carboxylic acids is 1. The molecule has 1 heterocycles. The van der Waals surface area contributed by atoms with Crippen molar-refractivity contribution in [2.45, 2.75) is 37.0 Å². The van der Waals surface area contributed by atoms with Gasteiger partial charge in [-0.05, 0) is 43.9 Å². The second-order valence-corrected chi connectivity index (χ2v) is 7.57. The minimum absolute atomic E-state index is 0.0926. The Morgan fingerprint density at radius 1 is 1.53 bits per heavy atom. The molecule has 0 aromatic carbocycles. The van der Waals surface area contributed by atoms with E-state index in [2.05, 4.69) is 17.6 Å². The molecule has 1 aliphatic rings. The van der Waals surface area contributed by atoms with Crippen LogP contribution >= 0.6 is 23.5 Å². The monoisotopic (exact) mass is 306 g/mol. The van der Waals surface area contributed by atoms with Gasteiger partial charge in [0.05, 0.1) is 0 Å². The van der Waals surface area contributed by atoms with Gasteiger partial charge in [-0.2, -0.15) is 23.5 Å². The van der Waals surface area contributed by atoms with Crippen molar-refractivity contribution in [3.63, 3.8) is 0 Å². The normalized spacial score (nSPS) is 23.9. The summed E-state index contributed by atoms with van der Waals surface area (Å²) >= 11 is 3.43. The average molecular weight is 306 g/mol. The van der Waals surface area contributed by atoms with E-state index in [4.69, 9.17) is 5.11 Å². The van der Waals surface area contributed by atoms with E-state index in [1.807, 2.05) is 18.0 Å². The van der Waals surface area contributed by atoms with Crippen molar-refractivity contribution in [2.24, 2.45) is 0 Å². The Bertz CT molecular complexity index is 320. The molecule has 2 atom stereocenters. The second-order valence-electron chi connectivity index (χ2n) is 4.90. The fraction of sp³-hybridized carbons (Fsp3) is 0.833. The van der Waals surface area contributed by atoms with E-state index in [0.29, 0.717) is 18.7 Å². The second kappa shape index (κ2) is 7.89. The summed E-state index contributed by atoms with van der Waals surface area (Å²) in [5.41, 5.74) is 0. The summed E-state index contributed by atoms with van der Waals surface area (Å²) in [6.45, 7) is 2.71. The van der Waals surface area contributed by atoms with Crippen LogP contribution in [-0.2, 0) is 4.79 Å². The smallest absolute Gasteiger partial charge is 0.326 e. The van der Waals surface area contributed by atoms with Gasteiger partial charge in [0.15, 0.2) is 0 Å². The van der Waals surface area contributed by atoms with Crippen molar-refractivity contribution in [2.75, 3.05) is 24.3 Å². The summed E-state index contributed by atoms with van der Waals surface area (Å²) in [6, 6.07) is -1.20. The van der Waals surface area contributed by atoms with Crippen LogP contribution in [0.2, 0.25) is 0 Å². The van der Waals surface area contributed by atoms with Crippen LogP contribution in [-0.4, -0.2) is 52.2 Å². The average Bonchev–Trinajstić information content (AvgIpc) is 2.79. The molecule has 2 amide bonds. The maximum atomic E-state index is 11.7. The van der Waals surface area contributed by atoms with Crippen LogP contribution in [0.25, 0.3) is 0 Å². The first-order valence-electron chi connectivity index (χ1n) is 6.37. The van der Waals surface area contributed by atoms with E-state index in [1.54, 1.807) is 11.8 Å². The number of urea groups is 1. The Labute approximate surface area is 122 Å². The molecule has 7 heteroatoms. The highest BCUT2D eigenvalue weighted by molar-refractivity contribution is 8.00. The molecule has 0 radical (unpaired) electrons. The molecule has 0 aliphatic carbocycles. The number of thioether (sulfide) groups is 2. The van der Waals surface area contributed by atoms with Crippen LogP contribution in [0.15, 0.2) is 0 Å². The number of carboxylic acid groups (broad SMARTS) is 1. The van der Waals surface area contributed by atoms with E-state index in [1.165, 1.54) is 6.42 Å². The number of carboxylic acids is 1. The van der Waals surface area contributed by atoms with Crippen molar-refractivity contribution in [3.8, 4) is 0 Å². The molecule has 0 spiro atoms. The molecule has 3 N–H and O–H groups in total. The predicted octanol–water partition coefficient (Wildman–Crippen LogP) is 1.78. The molecular weight excluding hydrogens is 284 g/mol. The van der Waals surface area contributed by atoms with Gasteiger partial charge in [-0.1, -0.05) is 0 Å². The van der Waals surface area contributed by atoms with Crippen molar-refractivity contribution >= 4 is 35.5 Å². The van der Waals surface area contributed by atoms with E-state index >= 15 is 0 Å². The zero-order valence-electron chi connectivity index (χ0n) is 11.4. The summed E-state index contributed by atoms with van der Waals surface area (Å²) in [5, 5.41) is 14.3. The van der Waals surface area contributed by atoms with E-state index in [9.17, 15) is 9.59 Å². The van der Waals surface area contributed by atoms with Crippen molar-refractivity contribution in [3.05, 3.63) is 0 Å². The summed E-state index contributed by atoms with van der Waals surface area (Å²) in [6.07, 6.45) is 4.62. The first-order valence-corrected chi connectivity index (χ1v) is 8.75. The Morgan fingerprint density at radius 3 is 2.79 bits per heavy atom. The quantitative estimate of drug-likeness (QED) is 0.668. The summed E-state index contributed by atoms with van der Waals surface area (Å²) in [4.78, 5) is 22.7. The Kier molecular flexibility index (Phi) is 6.85. The highest BCUT2D eigenvalue weighted by atomic mass is 32.2. The van der Waals surface area contributed by atoms with Crippen molar-refractivity contribution < 1.29 is 14.7 Å². The van der Waals surface area contributed by atoms with Gasteiger partial charge in [0, 0.05) is 11.3 Å². The van der Waals surface area contributed by atoms with Crippen LogP contribution < -0.4 is 10.6 Å². The lowest BCUT2D eigenvalue weighted by Gasteiger charge is -2.23. The maximum Gasteiger partial charge on any atom is 0.326 e. The molecule has 110 valence electrons. The highest BCUT2D eigenvalue weighted by Crippen LogP contribution is 2.36. The van der Waals surface area contributed by atoms with Gasteiger partial charge in [-0.15, -0.1) is 0 Å². The first kappa shape index (κ1) is 16.5. The number of hydrogen-bond acceptors (Lipinski definition) is 4. The third-order valence-electron chi connectivity index (χ3n) is 3.14. The maximum absolute atomic E-state index is 11.7. The number of nitrogens with one attached hydrogen (secondary N) is 2. The van der Waals surface area contributed by atoms with Crippen LogP contribution in [0.1, 0.15) is 26.2 Å². The molecule has 1 rings (SSSR count). The number of carbonyl (C=O) groups excluding carboxylic acids is 1. The lowest BCUT2D eigenvalue weighted by atomic mass is 10.1. The summed E-state index contributed by atoms with van der Waals surface area (Å²) in [7, 11) is 0.